The van der Waals surface area contributed by atoms with Gasteiger partial charge in [0.1, 0.15) is 5.75 Å². The van der Waals surface area contributed by atoms with Crippen LogP contribution in [0.15, 0.2) is 53.4 Å². The van der Waals surface area contributed by atoms with Crippen LogP contribution in [0, 0.1) is 0 Å². The minimum atomic E-state index is -4.01. The first-order valence-electron chi connectivity index (χ1n) is 9.88. The molecule has 170 valence electrons. The first kappa shape index (κ1) is 23.1. The first-order chi connectivity index (χ1) is 15.2. The van der Waals surface area contributed by atoms with Gasteiger partial charge in [0.15, 0.2) is 6.10 Å². The molecule has 0 aromatic heterocycles. The summed E-state index contributed by atoms with van der Waals surface area (Å²) in [6.45, 7) is 4.11. The van der Waals surface area contributed by atoms with Gasteiger partial charge < -0.3 is 14.8 Å². The van der Waals surface area contributed by atoms with Gasteiger partial charge >= 0.3 is 12.0 Å². The summed E-state index contributed by atoms with van der Waals surface area (Å²) in [5.41, 5.74) is -0.0857. The Kier molecular flexibility index (Phi) is 6.98. The van der Waals surface area contributed by atoms with Crippen LogP contribution in [-0.2, 0) is 19.6 Å². The molecule has 1 heterocycles. The lowest BCUT2D eigenvalue weighted by atomic mass is 10.2. The van der Waals surface area contributed by atoms with Crippen molar-refractivity contribution in [1.82, 2.24) is 10.2 Å². The smallest absolute Gasteiger partial charge is 0.341 e. The van der Waals surface area contributed by atoms with Gasteiger partial charge in [-0.05, 0) is 50.2 Å². The zero-order chi connectivity index (χ0) is 23.3. The van der Waals surface area contributed by atoms with Crippen LogP contribution in [0.1, 0.15) is 24.2 Å². The summed E-state index contributed by atoms with van der Waals surface area (Å²) < 4.78 is 38.4. The fourth-order valence-electron chi connectivity index (χ4n) is 3.01. The Morgan fingerprint density at radius 2 is 1.84 bits per heavy atom. The van der Waals surface area contributed by atoms with Crippen molar-refractivity contribution in [1.29, 1.82) is 0 Å². The molecule has 0 saturated carbocycles. The van der Waals surface area contributed by atoms with Crippen molar-refractivity contribution in [3.8, 4) is 5.75 Å². The number of esters is 1. The second kappa shape index (κ2) is 9.69. The molecule has 2 aromatic rings. The zero-order valence-electron chi connectivity index (χ0n) is 17.5. The zero-order valence-corrected chi connectivity index (χ0v) is 18.3. The van der Waals surface area contributed by atoms with E-state index in [0.29, 0.717) is 18.9 Å². The summed E-state index contributed by atoms with van der Waals surface area (Å²) in [5, 5.41) is 2.49. The summed E-state index contributed by atoms with van der Waals surface area (Å²) >= 11 is 0. The average molecular weight is 461 g/mol. The molecule has 3 rings (SSSR count). The topological polar surface area (TPSA) is 131 Å². The molecule has 2 N–H and O–H groups in total. The minimum Gasteiger partial charge on any atom is -0.494 e. The van der Waals surface area contributed by atoms with Gasteiger partial charge in [0.2, 0.25) is 0 Å². The van der Waals surface area contributed by atoms with E-state index >= 15 is 0 Å². The number of imide groups is 1. The Hall–Kier alpha value is -3.60. The van der Waals surface area contributed by atoms with Gasteiger partial charge in [0.25, 0.3) is 15.9 Å². The standard InChI is InChI=1S/C21H23N3O7S/c1-3-30-15-8-10-16(11-9-15)32(28,29)23-18-7-5-4-6-17(18)20(26)31-14(2)19(25)24-13-12-22-21(24)27/h4-11,14,23H,3,12-13H2,1-2H3,(H,22,27)/t14-/m0/s1. The Balaban J connectivity index is 1.75. The molecule has 0 unspecified atom stereocenters. The van der Waals surface area contributed by atoms with Gasteiger partial charge in [-0.25, -0.2) is 18.0 Å². The van der Waals surface area contributed by atoms with Crippen LogP contribution in [0.2, 0.25) is 0 Å². The van der Waals surface area contributed by atoms with E-state index in [1.807, 2.05) is 6.92 Å². The minimum absolute atomic E-state index is 0.00931. The highest BCUT2D eigenvalue weighted by atomic mass is 32.2. The molecule has 0 radical (unpaired) electrons. The number of hydrogen-bond acceptors (Lipinski definition) is 7. The van der Waals surface area contributed by atoms with Crippen molar-refractivity contribution in [3.63, 3.8) is 0 Å². The Bertz CT molecular complexity index is 1120. The van der Waals surface area contributed by atoms with E-state index in [0.717, 1.165) is 4.90 Å². The number of anilines is 1. The lowest BCUT2D eigenvalue weighted by Gasteiger charge is -2.19. The second-order valence-electron chi connectivity index (χ2n) is 6.82. The molecule has 32 heavy (non-hydrogen) atoms. The van der Waals surface area contributed by atoms with Crippen molar-refractivity contribution in [2.24, 2.45) is 0 Å². The molecule has 1 atom stereocenters. The van der Waals surface area contributed by atoms with Crippen molar-refractivity contribution >= 4 is 33.6 Å². The highest BCUT2D eigenvalue weighted by Crippen LogP contribution is 2.23. The second-order valence-corrected chi connectivity index (χ2v) is 8.51. The number of amides is 3. The average Bonchev–Trinajstić information content (AvgIpc) is 3.19. The number of hydrogen-bond donors (Lipinski definition) is 2. The Morgan fingerprint density at radius 3 is 2.47 bits per heavy atom. The lowest BCUT2D eigenvalue weighted by molar-refractivity contribution is -0.136. The van der Waals surface area contributed by atoms with E-state index in [9.17, 15) is 22.8 Å². The molecular weight excluding hydrogens is 438 g/mol. The molecule has 0 bridgehead atoms. The fraction of sp³-hybridized carbons (Fsp3) is 0.286. The summed E-state index contributed by atoms with van der Waals surface area (Å²) in [6.07, 6.45) is -1.23. The van der Waals surface area contributed by atoms with Crippen LogP contribution in [0.25, 0.3) is 0 Å². The van der Waals surface area contributed by atoms with E-state index in [-0.39, 0.29) is 22.7 Å². The largest absolute Gasteiger partial charge is 0.494 e. The van der Waals surface area contributed by atoms with Crippen LogP contribution in [0.5, 0.6) is 5.75 Å². The normalized spacial score (nSPS) is 14.4. The van der Waals surface area contributed by atoms with Crippen LogP contribution in [0.3, 0.4) is 0 Å². The van der Waals surface area contributed by atoms with Gasteiger partial charge in [0, 0.05) is 13.1 Å². The summed E-state index contributed by atoms with van der Waals surface area (Å²) in [7, 11) is -4.01. The number of nitrogens with zero attached hydrogens (tertiary/aromatic N) is 1. The fourth-order valence-corrected chi connectivity index (χ4v) is 4.09. The number of benzene rings is 2. The monoisotopic (exact) mass is 461 g/mol. The Labute approximate surface area is 185 Å². The molecule has 11 heteroatoms. The number of nitrogens with one attached hydrogen (secondary N) is 2. The number of carbonyl (C=O) groups excluding carboxylic acids is 3. The quantitative estimate of drug-likeness (QED) is 0.575. The highest BCUT2D eigenvalue weighted by molar-refractivity contribution is 7.92. The van der Waals surface area contributed by atoms with Crippen molar-refractivity contribution in [2.45, 2.75) is 24.8 Å². The molecule has 0 spiro atoms. The maximum Gasteiger partial charge on any atom is 0.341 e. The molecule has 1 aliphatic rings. The lowest BCUT2D eigenvalue weighted by Crippen LogP contribution is -2.41. The number of sulfonamides is 1. The highest BCUT2D eigenvalue weighted by Gasteiger charge is 2.32. The van der Waals surface area contributed by atoms with Gasteiger partial charge in [-0.3, -0.25) is 14.4 Å². The molecular formula is C21H23N3O7S. The van der Waals surface area contributed by atoms with Gasteiger partial charge in [-0.1, -0.05) is 12.1 Å². The maximum atomic E-state index is 12.8. The van der Waals surface area contributed by atoms with Crippen LogP contribution in [-0.4, -0.2) is 57.0 Å². The third-order valence-corrected chi connectivity index (χ3v) is 5.97. The summed E-state index contributed by atoms with van der Waals surface area (Å²) in [4.78, 5) is 37.6. The molecule has 1 saturated heterocycles. The van der Waals surface area contributed by atoms with Gasteiger partial charge in [-0.2, -0.15) is 0 Å². The van der Waals surface area contributed by atoms with E-state index in [1.165, 1.54) is 49.4 Å². The number of para-hydroxylation sites is 1. The first-order valence-corrected chi connectivity index (χ1v) is 11.4. The van der Waals surface area contributed by atoms with Crippen molar-refractivity contribution in [3.05, 3.63) is 54.1 Å². The van der Waals surface area contributed by atoms with Gasteiger partial charge in [-0.15, -0.1) is 0 Å². The van der Waals surface area contributed by atoms with E-state index in [4.69, 9.17) is 9.47 Å². The molecule has 1 fully saturated rings. The number of rotatable bonds is 8. The number of urea groups is 1. The van der Waals surface area contributed by atoms with Crippen molar-refractivity contribution < 1.29 is 32.3 Å². The predicted molar refractivity (Wildman–Crippen MR) is 115 cm³/mol. The molecule has 2 aromatic carbocycles. The Morgan fingerprint density at radius 1 is 1.16 bits per heavy atom. The molecule has 3 amide bonds. The van der Waals surface area contributed by atoms with Gasteiger partial charge in [0.05, 0.1) is 22.8 Å². The molecule has 0 aliphatic carbocycles. The maximum absolute atomic E-state index is 12.8. The molecule has 1 aliphatic heterocycles. The summed E-state index contributed by atoms with van der Waals surface area (Å²) in [6, 6.07) is 11.1. The number of carbonyl (C=O) groups is 3. The van der Waals surface area contributed by atoms with Crippen LogP contribution >= 0.6 is 0 Å². The molecule has 10 nitrogen and oxygen atoms in total. The third kappa shape index (κ3) is 5.17. The van der Waals surface area contributed by atoms with E-state index < -0.39 is 34.0 Å². The van der Waals surface area contributed by atoms with Crippen LogP contribution < -0.4 is 14.8 Å². The van der Waals surface area contributed by atoms with Crippen molar-refractivity contribution in [2.75, 3.05) is 24.4 Å². The van der Waals surface area contributed by atoms with E-state index in [1.54, 1.807) is 6.07 Å². The van der Waals surface area contributed by atoms with E-state index in [2.05, 4.69) is 10.0 Å². The summed E-state index contributed by atoms with van der Waals surface area (Å²) in [5.74, 6) is -1.04. The predicted octanol–water partition coefficient (Wildman–Crippen LogP) is 1.98. The SMILES string of the molecule is CCOc1ccc(S(=O)(=O)Nc2ccccc2C(=O)O[C@@H](C)C(=O)N2CCNC2=O)cc1. The number of ether oxygens (including phenoxy) is 2. The van der Waals surface area contributed by atoms with Crippen LogP contribution in [0.4, 0.5) is 10.5 Å². The third-order valence-electron chi connectivity index (χ3n) is 4.59.